The molecule has 0 aliphatic carbocycles. The van der Waals surface area contributed by atoms with Crippen molar-refractivity contribution in [1.82, 2.24) is 9.62 Å². The van der Waals surface area contributed by atoms with Crippen LogP contribution in [0.25, 0.3) is 0 Å². The zero-order valence-electron chi connectivity index (χ0n) is 18.4. The third kappa shape index (κ3) is 6.48. The maximum atomic E-state index is 12.9. The molecule has 1 amide bonds. The number of sulfonamides is 1. The molecule has 0 aromatic heterocycles. The Morgan fingerprint density at radius 1 is 1.06 bits per heavy atom. The topological polar surface area (TPSA) is 75.7 Å². The normalized spacial score (nSPS) is 16.4. The largest absolute Gasteiger partial charge is 0.573 e. The van der Waals surface area contributed by atoms with E-state index in [1.54, 1.807) is 0 Å². The molecule has 0 spiro atoms. The molecule has 6 nitrogen and oxygen atoms in total. The Kier molecular flexibility index (Phi) is 7.38. The Morgan fingerprint density at radius 2 is 1.70 bits per heavy atom. The molecule has 1 saturated heterocycles. The van der Waals surface area contributed by atoms with Gasteiger partial charge in [-0.3, -0.25) is 4.79 Å². The summed E-state index contributed by atoms with van der Waals surface area (Å²) in [6.07, 6.45) is -4.26. The van der Waals surface area contributed by atoms with Gasteiger partial charge in [0.25, 0.3) is 0 Å². The van der Waals surface area contributed by atoms with Crippen LogP contribution in [0.5, 0.6) is 5.75 Å². The van der Waals surface area contributed by atoms with Crippen LogP contribution in [0.15, 0.2) is 59.5 Å². The van der Waals surface area contributed by atoms with E-state index in [0.29, 0.717) is 19.4 Å². The van der Waals surface area contributed by atoms with Crippen LogP contribution in [0.2, 0.25) is 0 Å². The highest BCUT2D eigenvalue weighted by molar-refractivity contribution is 7.89. The molecular weight excluding hydrogens is 457 g/mol. The van der Waals surface area contributed by atoms with E-state index in [4.69, 9.17) is 0 Å². The summed E-state index contributed by atoms with van der Waals surface area (Å²) >= 11 is 0. The van der Waals surface area contributed by atoms with Gasteiger partial charge in [-0.05, 0) is 30.5 Å². The van der Waals surface area contributed by atoms with E-state index in [2.05, 4.69) is 10.1 Å². The number of hydrogen-bond donors (Lipinski definition) is 1. The Balaban J connectivity index is 1.58. The fraction of sp³-hybridized carbons (Fsp3) is 0.435. The van der Waals surface area contributed by atoms with Gasteiger partial charge in [-0.25, -0.2) is 8.42 Å². The summed E-state index contributed by atoms with van der Waals surface area (Å²) < 4.78 is 68.2. The van der Waals surface area contributed by atoms with Crippen molar-refractivity contribution in [2.45, 2.75) is 43.4 Å². The van der Waals surface area contributed by atoms with Crippen molar-refractivity contribution in [2.75, 3.05) is 19.6 Å². The predicted molar refractivity (Wildman–Crippen MR) is 117 cm³/mol. The third-order valence-corrected chi connectivity index (χ3v) is 7.66. The molecule has 0 unspecified atom stereocenters. The number of piperidine rings is 1. The highest BCUT2D eigenvalue weighted by atomic mass is 32.2. The van der Waals surface area contributed by atoms with Crippen LogP contribution in [0, 0.1) is 5.92 Å². The van der Waals surface area contributed by atoms with Gasteiger partial charge in [-0.15, -0.1) is 13.2 Å². The van der Waals surface area contributed by atoms with Crippen molar-refractivity contribution >= 4 is 15.9 Å². The number of halogens is 3. The highest BCUT2D eigenvalue weighted by Gasteiger charge is 2.34. The van der Waals surface area contributed by atoms with Crippen LogP contribution in [0.1, 0.15) is 32.3 Å². The van der Waals surface area contributed by atoms with Crippen molar-refractivity contribution in [2.24, 2.45) is 5.92 Å². The maximum absolute atomic E-state index is 12.9. The molecule has 2 aromatic carbocycles. The van der Waals surface area contributed by atoms with Crippen LogP contribution in [-0.2, 0) is 20.2 Å². The number of nitrogens with zero attached hydrogens (tertiary/aromatic N) is 1. The van der Waals surface area contributed by atoms with Crippen LogP contribution in [0.4, 0.5) is 13.2 Å². The summed E-state index contributed by atoms with van der Waals surface area (Å²) in [5, 5.41) is 2.98. The first-order chi connectivity index (χ1) is 15.4. The molecule has 1 fully saturated rings. The molecule has 2 aromatic rings. The summed E-state index contributed by atoms with van der Waals surface area (Å²) in [4.78, 5) is 12.4. The van der Waals surface area contributed by atoms with E-state index in [9.17, 15) is 26.4 Å². The summed E-state index contributed by atoms with van der Waals surface area (Å²) in [6, 6.07) is 14.1. The number of carbonyl (C=O) groups is 1. The minimum Gasteiger partial charge on any atom is -0.406 e. The van der Waals surface area contributed by atoms with Crippen LogP contribution >= 0.6 is 0 Å². The smallest absolute Gasteiger partial charge is 0.406 e. The quantitative estimate of drug-likeness (QED) is 0.643. The minimum atomic E-state index is -4.91. The number of ether oxygens (including phenoxy) is 1. The van der Waals surface area contributed by atoms with Gasteiger partial charge in [0, 0.05) is 37.0 Å². The maximum Gasteiger partial charge on any atom is 0.573 e. The molecular formula is C23H27F3N2O4S. The average Bonchev–Trinajstić information content (AvgIpc) is 2.77. The number of amides is 1. The number of hydrogen-bond acceptors (Lipinski definition) is 4. The van der Waals surface area contributed by atoms with E-state index in [1.807, 2.05) is 44.2 Å². The molecule has 0 bridgehead atoms. The molecule has 1 N–H and O–H groups in total. The Labute approximate surface area is 191 Å². The molecule has 1 aliphatic rings. The second-order valence-corrected chi connectivity index (χ2v) is 10.6. The Bertz CT molecular complexity index is 1060. The van der Waals surface area contributed by atoms with Gasteiger partial charge in [0.2, 0.25) is 15.9 Å². The SMILES string of the molecule is CC(C)(CNC(=O)C1CCN(S(=O)(=O)c2cccc(OC(F)(F)F)c2)CC1)c1ccccc1. The molecule has 1 heterocycles. The first-order valence-corrected chi connectivity index (χ1v) is 12.0. The first kappa shape index (κ1) is 25.0. The molecule has 0 saturated carbocycles. The molecule has 33 heavy (non-hydrogen) atoms. The molecule has 0 radical (unpaired) electrons. The first-order valence-electron chi connectivity index (χ1n) is 10.6. The van der Waals surface area contributed by atoms with Crippen molar-refractivity contribution in [3.8, 4) is 5.75 Å². The number of nitrogens with one attached hydrogen (secondary N) is 1. The van der Waals surface area contributed by atoms with Crippen molar-refractivity contribution in [3.63, 3.8) is 0 Å². The van der Waals surface area contributed by atoms with Crippen LogP contribution in [0.3, 0.4) is 0 Å². The number of rotatable bonds is 7. The van der Waals surface area contributed by atoms with E-state index in [1.165, 1.54) is 16.4 Å². The van der Waals surface area contributed by atoms with E-state index in [0.717, 1.165) is 17.7 Å². The number of alkyl halides is 3. The lowest BCUT2D eigenvalue weighted by atomic mass is 9.84. The molecule has 3 rings (SSSR count). The third-order valence-electron chi connectivity index (χ3n) is 5.76. The lowest BCUT2D eigenvalue weighted by Crippen LogP contribution is -2.45. The predicted octanol–water partition coefficient (Wildman–Crippen LogP) is 4.08. The van der Waals surface area contributed by atoms with Crippen molar-refractivity contribution in [3.05, 3.63) is 60.2 Å². The summed E-state index contributed by atoms with van der Waals surface area (Å²) in [5.41, 5.74) is 0.840. The molecule has 1 aliphatic heterocycles. The summed E-state index contributed by atoms with van der Waals surface area (Å²) in [6.45, 7) is 4.73. The summed E-state index contributed by atoms with van der Waals surface area (Å²) in [5.74, 6) is -1.06. The van der Waals surface area contributed by atoms with E-state index in [-0.39, 0.29) is 35.2 Å². The number of benzene rings is 2. The zero-order chi connectivity index (χ0) is 24.3. The van der Waals surface area contributed by atoms with Crippen molar-refractivity contribution in [1.29, 1.82) is 0 Å². The highest BCUT2D eigenvalue weighted by Crippen LogP contribution is 2.29. The monoisotopic (exact) mass is 484 g/mol. The lowest BCUT2D eigenvalue weighted by molar-refractivity contribution is -0.274. The van der Waals surface area contributed by atoms with Gasteiger partial charge in [0.05, 0.1) is 4.90 Å². The van der Waals surface area contributed by atoms with Gasteiger partial charge < -0.3 is 10.1 Å². The standard InChI is InChI=1S/C23H27F3N2O4S/c1-22(2,18-7-4-3-5-8-18)16-27-21(29)17-11-13-28(14-12-17)33(30,31)20-10-6-9-19(15-20)32-23(24,25)26/h3-10,15,17H,11-14,16H2,1-2H3,(H,27,29). The Morgan fingerprint density at radius 3 is 2.30 bits per heavy atom. The fourth-order valence-corrected chi connectivity index (χ4v) is 5.29. The molecule has 180 valence electrons. The molecule has 0 atom stereocenters. The van der Waals surface area contributed by atoms with Gasteiger partial charge in [-0.1, -0.05) is 50.2 Å². The second kappa shape index (κ2) is 9.72. The lowest BCUT2D eigenvalue weighted by Gasteiger charge is -2.32. The fourth-order valence-electron chi connectivity index (χ4n) is 3.78. The zero-order valence-corrected chi connectivity index (χ0v) is 19.2. The minimum absolute atomic E-state index is 0.104. The van der Waals surface area contributed by atoms with Crippen LogP contribution < -0.4 is 10.1 Å². The van der Waals surface area contributed by atoms with Gasteiger partial charge in [-0.2, -0.15) is 4.31 Å². The second-order valence-electron chi connectivity index (χ2n) is 8.67. The molecule has 10 heteroatoms. The van der Waals surface area contributed by atoms with E-state index < -0.39 is 22.1 Å². The van der Waals surface area contributed by atoms with Gasteiger partial charge in [0.15, 0.2) is 0 Å². The van der Waals surface area contributed by atoms with E-state index >= 15 is 0 Å². The summed E-state index contributed by atoms with van der Waals surface area (Å²) in [7, 11) is -4.01. The van der Waals surface area contributed by atoms with Gasteiger partial charge >= 0.3 is 6.36 Å². The van der Waals surface area contributed by atoms with Gasteiger partial charge in [0.1, 0.15) is 5.75 Å². The Hall–Kier alpha value is -2.59. The number of carbonyl (C=O) groups excluding carboxylic acids is 1. The van der Waals surface area contributed by atoms with Crippen molar-refractivity contribution < 1.29 is 31.1 Å². The average molecular weight is 485 g/mol. The van der Waals surface area contributed by atoms with Crippen LogP contribution in [-0.4, -0.2) is 44.6 Å².